The van der Waals surface area contributed by atoms with Crippen molar-refractivity contribution in [3.05, 3.63) is 40.1 Å². The van der Waals surface area contributed by atoms with E-state index in [2.05, 4.69) is 9.97 Å². The van der Waals surface area contributed by atoms with Gasteiger partial charge in [0, 0.05) is 31.2 Å². The van der Waals surface area contributed by atoms with Crippen LogP contribution in [0.3, 0.4) is 0 Å². The Balaban J connectivity index is 1.48. The highest BCUT2D eigenvalue weighted by atomic mass is 32.1. The first-order valence-corrected chi connectivity index (χ1v) is 9.58. The summed E-state index contributed by atoms with van der Waals surface area (Å²) >= 11 is 1.61. The Morgan fingerprint density at radius 1 is 1.40 bits per heavy atom. The zero-order valence-corrected chi connectivity index (χ0v) is 15.1. The van der Waals surface area contributed by atoms with Crippen molar-refractivity contribution in [3.63, 3.8) is 0 Å². The third kappa shape index (κ3) is 2.97. The van der Waals surface area contributed by atoms with Crippen LogP contribution in [0.25, 0.3) is 0 Å². The number of H-pyrrole nitrogens is 1. The lowest BCUT2D eigenvalue weighted by atomic mass is 9.78. The van der Waals surface area contributed by atoms with Gasteiger partial charge < -0.3 is 14.8 Å². The fraction of sp³-hybridized carbons (Fsp3) is 0.500. The summed E-state index contributed by atoms with van der Waals surface area (Å²) in [6.07, 6.45) is 4.32. The summed E-state index contributed by atoms with van der Waals surface area (Å²) in [7, 11) is 0. The number of amides is 2. The maximum atomic E-state index is 13.1. The van der Waals surface area contributed by atoms with E-state index >= 15 is 0 Å². The minimum Gasteiger partial charge on any atom is -0.357 e. The summed E-state index contributed by atoms with van der Waals surface area (Å²) in [5.41, 5.74) is 1.14. The van der Waals surface area contributed by atoms with Gasteiger partial charge in [0.05, 0.1) is 22.7 Å². The molecule has 2 fully saturated rings. The quantitative estimate of drug-likeness (QED) is 0.916. The van der Waals surface area contributed by atoms with E-state index < -0.39 is 5.41 Å². The van der Waals surface area contributed by atoms with Gasteiger partial charge in [-0.2, -0.15) is 0 Å². The molecule has 1 N–H and O–H groups in total. The number of piperidine rings is 1. The average Bonchev–Trinajstić information content (AvgIpc) is 3.34. The van der Waals surface area contributed by atoms with Crippen LogP contribution in [0.4, 0.5) is 0 Å². The van der Waals surface area contributed by atoms with Gasteiger partial charge in [-0.1, -0.05) is 0 Å². The molecule has 6 nitrogen and oxygen atoms in total. The lowest BCUT2D eigenvalue weighted by Crippen LogP contribution is -2.49. The molecule has 2 saturated heterocycles. The lowest BCUT2D eigenvalue weighted by molar-refractivity contribution is -0.138. The lowest BCUT2D eigenvalue weighted by Gasteiger charge is -2.38. The van der Waals surface area contributed by atoms with Crippen LogP contribution in [0, 0.1) is 12.3 Å². The van der Waals surface area contributed by atoms with Crippen molar-refractivity contribution in [3.8, 4) is 0 Å². The molecule has 0 unspecified atom stereocenters. The number of aromatic amines is 1. The van der Waals surface area contributed by atoms with Crippen LogP contribution in [0.2, 0.25) is 0 Å². The number of carbonyl (C=O) groups is 2. The Hall–Kier alpha value is -2.15. The molecule has 0 bridgehead atoms. The summed E-state index contributed by atoms with van der Waals surface area (Å²) in [4.78, 5) is 36.9. The Bertz CT molecular complexity index is 785. The zero-order valence-electron chi connectivity index (χ0n) is 14.3. The molecular formula is C18H22N4O2S. The van der Waals surface area contributed by atoms with Crippen molar-refractivity contribution in [1.82, 2.24) is 19.8 Å². The number of likely N-dealkylation sites (tertiary alicyclic amines) is 2. The molecule has 7 heteroatoms. The summed E-state index contributed by atoms with van der Waals surface area (Å²) in [6, 6.07) is 3.61. The van der Waals surface area contributed by atoms with Crippen LogP contribution in [-0.2, 0) is 11.3 Å². The van der Waals surface area contributed by atoms with E-state index in [1.165, 1.54) is 0 Å². The maximum Gasteiger partial charge on any atom is 0.270 e. The molecule has 2 aliphatic rings. The van der Waals surface area contributed by atoms with Crippen molar-refractivity contribution >= 4 is 23.2 Å². The van der Waals surface area contributed by atoms with E-state index in [9.17, 15) is 9.59 Å². The molecule has 0 radical (unpaired) electrons. The second-order valence-electron chi connectivity index (χ2n) is 7.03. The van der Waals surface area contributed by atoms with E-state index in [4.69, 9.17) is 0 Å². The monoisotopic (exact) mass is 358 g/mol. The number of thiazole rings is 1. The van der Waals surface area contributed by atoms with Gasteiger partial charge in [-0.3, -0.25) is 9.59 Å². The van der Waals surface area contributed by atoms with Crippen LogP contribution in [0.1, 0.15) is 40.5 Å². The Morgan fingerprint density at radius 2 is 2.28 bits per heavy atom. The maximum absolute atomic E-state index is 13.1. The fourth-order valence-corrected chi connectivity index (χ4v) is 4.64. The number of aromatic nitrogens is 2. The summed E-state index contributed by atoms with van der Waals surface area (Å²) in [5.74, 6) is 0.174. The van der Waals surface area contributed by atoms with Gasteiger partial charge in [-0.15, -0.1) is 11.3 Å². The molecule has 2 amide bonds. The summed E-state index contributed by atoms with van der Waals surface area (Å²) < 4.78 is 0. The summed E-state index contributed by atoms with van der Waals surface area (Å²) in [5, 5.41) is 3.05. The highest BCUT2D eigenvalue weighted by Gasteiger charge is 2.49. The number of rotatable bonds is 3. The molecule has 25 heavy (non-hydrogen) atoms. The number of hydrogen-bond acceptors (Lipinski definition) is 4. The number of aryl methyl sites for hydroxylation is 1. The van der Waals surface area contributed by atoms with Crippen LogP contribution in [0.15, 0.2) is 23.7 Å². The molecule has 1 atom stereocenters. The van der Waals surface area contributed by atoms with Gasteiger partial charge in [0.2, 0.25) is 5.91 Å². The predicted octanol–water partition coefficient (Wildman–Crippen LogP) is 2.43. The molecule has 2 aliphatic heterocycles. The second-order valence-corrected chi connectivity index (χ2v) is 8.09. The number of nitrogens with zero attached hydrogens (tertiary/aromatic N) is 3. The van der Waals surface area contributed by atoms with E-state index in [0.717, 1.165) is 43.1 Å². The first-order valence-electron chi connectivity index (χ1n) is 8.70. The SMILES string of the molecule is Cc1nc(CN2CC[C@]3(CCCN(C(=O)c4ccc[nH]4)C3)C2=O)cs1. The molecule has 0 saturated carbocycles. The van der Waals surface area contributed by atoms with Gasteiger partial charge >= 0.3 is 0 Å². The number of hydrogen-bond donors (Lipinski definition) is 1. The van der Waals surface area contributed by atoms with Gasteiger partial charge in [-0.05, 0) is 38.3 Å². The smallest absolute Gasteiger partial charge is 0.270 e. The standard InChI is InChI=1S/C18H22N4O2S/c1-13-20-14(11-25-13)10-21-9-6-18(17(21)24)5-3-8-22(12-18)16(23)15-4-2-7-19-15/h2,4,7,11,19H,3,5-6,8-10,12H2,1H3/t18-/m0/s1. The predicted molar refractivity (Wildman–Crippen MR) is 95.2 cm³/mol. The molecule has 1 spiro atoms. The molecule has 0 aliphatic carbocycles. The van der Waals surface area contributed by atoms with Crippen molar-refractivity contribution in [1.29, 1.82) is 0 Å². The highest BCUT2D eigenvalue weighted by molar-refractivity contribution is 7.09. The zero-order chi connectivity index (χ0) is 17.4. The average molecular weight is 358 g/mol. The van der Waals surface area contributed by atoms with E-state index in [1.54, 1.807) is 23.6 Å². The van der Waals surface area contributed by atoms with E-state index in [1.807, 2.05) is 28.2 Å². The Morgan fingerprint density at radius 3 is 3.00 bits per heavy atom. The van der Waals surface area contributed by atoms with Crippen molar-refractivity contribution in [2.24, 2.45) is 5.41 Å². The molecule has 0 aromatic carbocycles. The normalized spacial score (nSPS) is 23.6. The minimum atomic E-state index is -0.411. The largest absolute Gasteiger partial charge is 0.357 e. The molecule has 4 heterocycles. The first-order chi connectivity index (χ1) is 12.1. The van der Waals surface area contributed by atoms with Gasteiger partial charge in [0.1, 0.15) is 5.69 Å². The van der Waals surface area contributed by atoms with Crippen LogP contribution in [0.5, 0.6) is 0 Å². The first kappa shape index (κ1) is 16.3. The number of carbonyl (C=O) groups excluding carboxylic acids is 2. The van der Waals surface area contributed by atoms with Gasteiger partial charge in [0.15, 0.2) is 0 Å². The van der Waals surface area contributed by atoms with Crippen molar-refractivity contribution < 1.29 is 9.59 Å². The van der Waals surface area contributed by atoms with Crippen molar-refractivity contribution in [2.75, 3.05) is 19.6 Å². The van der Waals surface area contributed by atoms with Crippen LogP contribution in [-0.4, -0.2) is 51.2 Å². The van der Waals surface area contributed by atoms with Crippen molar-refractivity contribution in [2.45, 2.75) is 32.7 Å². The molecule has 4 rings (SSSR count). The third-order valence-corrected chi connectivity index (χ3v) is 6.14. The summed E-state index contributed by atoms with van der Waals surface area (Å²) in [6.45, 7) is 4.55. The number of nitrogens with one attached hydrogen (secondary N) is 1. The molecular weight excluding hydrogens is 336 g/mol. The van der Waals surface area contributed by atoms with Gasteiger partial charge in [-0.25, -0.2) is 4.98 Å². The Kier molecular flexibility index (Phi) is 4.11. The van der Waals surface area contributed by atoms with E-state index in [-0.39, 0.29) is 11.8 Å². The van der Waals surface area contributed by atoms with Crippen LogP contribution >= 0.6 is 11.3 Å². The third-order valence-electron chi connectivity index (χ3n) is 5.31. The molecule has 2 aromatic heterocycles. The minimum absolute atomic E-state index is 0.00884. The van der Waals surface area contributed by atoms with E-state index in [0.29, 0.717) is 18.8 Å². The molecule has 2 aromatic rings. The van der Waals surface area contributed by atoms with Gasteiger partial charge in [0.25, 0.3) is 5.91 Å². The fourth-order valence-electron chi connectivity index (χ4n) is 4.04. The topological polar surface area (TPSA) is 69.3 Å². The second kappa shape index (κ2) is 6.29. The Labute approximate surface area is 150 Å². The highest BCUT2D eigenvalue weighted by Crippen LogP contribution is 2.41. The molecule has 132 valence electrons. The van der Waals surface area contributed by atoms with Crippen LogP contribution < -0.4 is 0 Å².